The second-order valence-corrected chi connectivity index (χ2v) is 8.71. The Balaban J connectivity index is 2.45. The van der Waals surface area contributed by atoms with Crippen molar-refractivity contribution in [3.63, 3.8) is 0 Å². The van der Waals surface area contributed by atoms with Crippen LogP contribution in [0.15, 0.2) is 35.2 Å². The number of nitrogens with one attached hydrogen (secondary N) is 1. The highest BCUT2D eigenvalue weighted by Gasteiger charge is 2.35. The minimum atomic E-state index is -3.85. The zero-order chi connectivity index (χ0) is 21.8. The average Bonchev–Trinajstić information content (AvgIpc) is 3.00. The fourth-order valence-corrected chi connectivity index (χ4v) is 5.04. The predicted octanol–water partition coefficient (Wildman–Crippen LogP) is 3.48. The summed E-state index contributed by atoms with van der Waals surface area (Å²) in [5.74, 6) is -0.901. The second kappa shape index (κ2) is 9.37. The maximum atomic E-state index is 13.3. The Morgan fingerprint density at radius 2 is 1.76 bits per heavy atom. The number of carbonyl (C=O) groups excluding carboxylic acids is 2. The molecule has 1 atom stereocenters. The van der Waals surface area contributed by atoms with Crippen molar-refractivity contribution in [2.75, 3.05) is 13.2 Å². The number of rotatable bonds is 9. The van der Waals surface area contributed by atoms with E-state index >= 15 is 0 Å². The van der Waals surface area contributed by atoms with Crippen LogP contribution in [-0.4, -0.2) is 48.7 Å². The summed E-state index contributed by atoms with van der Waals surface area (Å²) in [7, 11) is -3.85. The molecule has 0 amide bonds. The zero-order valence-electron chi connectivity index (χ0n) is 17.5. The molecule has 0 spiro atoms. The van der Waals surface area contributed by atoms with Crippen LogP contribution >= 0.6 is 0 Å². The van der Waals surface area contributed by atoms with Gasteiger partial charge in [0.1, 0.15) is 5.69 Å². The summed E-state index contributed by atoms with van der Waals surface area (Å²) in [6, 6.07) is 7.14. The van der Waals surface area contributed by atoms with Crippen molar-refractivity contribution in [3.8, 4) is 0 Å². The number of ether oxygens (including phenoxy) is 1. The molecule has 0 unspecified atom stereocenters. The molecule has 0 aliphatic carbocycles. The number of ketones is 1. The van der Waals surface area contributed by atoms with Crippen molar-refractivity contribution in [1.29, 1.82) is 0 Å². The molecule has 0 aliphatic heterocycles. The lowest BCUT2D eigenvalue weighted by atomic mass is 10.0. The van der Waals surface area contributed by atoms with E-state index in [-0.39, 0.29) is 29.5 Å². The number of benzene rings is 1. The number of sulfonamides is 1. The Hall–Kier alpha value is -2.45. The predicted molar refractivity (Wildman–Crippen MR) is 111 cm³/mol. The van der Waals surface area contributed by atoms with Gasteiger partial charge >= 0.3 is 5.97 Å². The number of hydrogen-bond donors (Lipinski definition) is 1. The molecule has 29 heavy (non-hydrogen) atoms. The Morgan fingerprint density at radius 1 is 1.14 bits per heavy atom. The number of aryl methyl sites for hydroxylation is 1. The zero-order valence-corrected chi connectivity index (χ0v) is 18.3. The number of aromatic amines is 1. The van der Waals surface area contributed by atoms with Gasteiger partial charge in [0.25, 0.3) is 0 Å². The van der Waals surface area contributed by atoms with Gasteiger partial charge in [0, 0.05) is 17.8 Å². The lowest BCUT2D eigenvalue weighted by Gasteiger charge is -2.27. The molecule has 2 aromatic rings. The van der Waals surface area contributed by atoms with E-state index in [4.69, 9.17) is 4.74 Å². The van der Waals surface area contributed by atoms with Crippen LogP contribution in [0.2, 0.25) is 0 Å². The number of nitrogens with zero attached hydrogens (tertiary/aromatic N) is 1. The van der Waals surface area contributed by atoms with Gasteiger partial charge in [-0.15, -0.1) is 0 Å². The van der Waals surface area contributed by atoms with Crippen molar-refractivity contribution in [1.82, 2.24) is 9.29 Å². The Kier molecular flexibility index (Phi) is 7.37. The smallest absolute Gasteiger partial charge is 0.355 e. The Bertz CT molecular complexity index is 980. The van der Waals surface area contributed by atoms with Crippen molar-refractivity contribution in [2.24, 2.45) is 0 Å². The number of H-pyrrole nitrogens is 1. The Labute approximate surface area is 172 Å². The third-order valence-electron chi connectivity index (χ3n) is 4.77. The fourth-order valence-electron chi connectivity index (χ4n) is 3.34. The summed E-state index contributed by atoms with van der Waals surface area (Å²) in [6.07, 6.45) is 0.558. The van der Waals surface area contributed by atoms with E-state index in [2.05, 4.69) is 4.98 Å². The van der Waals surface area contributed by atoms with E-state index in [0.29, 0.717) is 23.2 Å². The van der Waals surface area contributed by atoms with E-state index in [1.165, 1.54) is 16.4 Å². The van der Waals surface area contributed by atoms with Crippen LogP contribution in [0.1, 0.15) is 59.3 Å². The topological polar surface area (TPSA) is 96.5 Å². The van der Waals surface area contributed by atoms with Crippen molar-refractivity contribution in [3.05, 3.63) is 52.8 Å². The molecule has 0 fully saturated rings. The molecule has 0 aliphatic rings. The normalized spacial score (nSPS) is 12.8. The number of hydrogen-bond acceptors (Lipinski definition) is 5. The van der Waals surface area contributed by atoms with Crippen molar-refractivity contribution in [2.45, 2.75) is 52.0 Å². The minimum Gasteiger partial charge on any atom is -0.461 e. The molecule has 1 heterocycles. The first-order valence-electron chi connectivity index (χ1n) is 9.64. The molecular weight excluding hydrogens is 392 g/mol. The van der Waals surface area contributed by atoms with Gasteiger partial charge in [-0.3, -0.25) is 4.79 Å². The highest BCUT2D eigenvalue weighted by Crippen LogP contribution is 2.25. The van der Waals surface area contributed by atoms with E-state index in [1.807, 2.05) is 6.92 Å². The summed E-state index contributed by atoms with van der Waals surface area (Å²) >= 11 is 0. The van der Waals surface area contributed by atoms with E-state index < -0.39 is 22.0 Å². The highest BCUT2D eigenvalue weighted by molar-refractivity contribution is 7.89. The molecule has 1 N–H and O–H groups in total. The molecule has 0 bridgehead atoms. The van der Waals surface area contributed by atoms with E-state index in [0.717, 1.165) is 0 Å². The molecule has 8 heteroatoms. The minimum absolute atomic E-state index is 0.142. The van der Waals surface area contributed by atoms with Gasteiger partial charge in [-0.25, -0.2) is 13.2 Å². The molecule has 7 nitrogen and oxygen atoms in total. The first-order chi connectivity index (χ1) is 13.7. The first kappa shape index (κ1) is 22.8. The fraction of sp³-hybridized carbons (Fsp3) is 0.429. The van der Waals surface area contributed by atoms with Gasteiger partial charge in [0.2, 0.25) is 10.0 Å². The van der Waals surface area contributed by atoms with Gasteiger partial charge in [0.15, 0.2) is 5.78 Å². The third kappa shape index (κ3) is 4.59. The largest absolute Gasteiger partial charge is 0.461 e. The second-order valence-electron chi connectivity index (χ2n) is 6.81. The molecule has 1 aromatic carbocycles. The maximum Gasteiger partial charge on any atom is 0.355 e. The van der Waals surface area contributed by atoms with E-state index in [1.54, 1.807) is 45.9 Å². The molecule has 1 aromatic heterocycles. The molecule has 2 rings (SSSR count). The average molecular weight is 421 g/mol. The number of Topliss-reactive ketones (excluding diaryl/α,β-unsaturated/α-hetero) is 1. The van der Waals surface area contributed by atoms with Crippen LogP contribution in [0.3, 0.4) is 0 Å². The quantitative estimate of drug-likeness (QED) is 0.495. The number of esters is 1. The SMILES string of the molecule is CCCN([C@H](C)C(=O)c1c(C)[nH]c(C(=O)OCC)c1C)S(=O)(=O)c1ccccc1. The van der Waals surface area contributed by atoms with Gasteiger partial charge in [-0.1, -0.05) is 25.1 Å². The number of aromatic nitrogens is 1. The summed E-state index contributed by atoms with van der Waals surface area (Å²) in [5, 5.41) is 0. The highest BCUT2D eigenvalue weighted by atomic mass is 32.2. The summed E-state index contributed by atoms with van der Waals surface area (Å²) in [5.41, 5.74) is 1.51. The van der Waals surface area contributed by atoms with E-state index in [9.17, 15) is 18.0 Å². The van der Waals surface area contributed by atoms with Gasteiger partial charge < -0.3 is 9.72 Å². The summed E-state index contributed by atoms with van der Waals surface area (Å²) < 4.78 is 32.6. The van der Waals surface area contributed by atoms with Crippen LogP contribution in [0.4, 0.5) is 0 Å². The molecule has 0 saturated carbocycles. The lowest BCUT2D eigenvalue weighted by Crippen LogP contribution is -2.43. The third-order valence-corrected chi connectivity index (χ3v) is 6.75. The Morgan fingerprint density at radius 3 is 2.31 bits per heavy atom. The molecule has 0 radical (unpaired) electrons. The molecular formula is C21H28N2O5S. The number of carbonyl (C=O) groups is 2. The van der Waals surface area contributed by atoms with Crippen LogP contribution in [-0.2, 0) is 14.8 Å². The maximum absolute atomic E-state index is 13.3. The first-order valence-corrected chi connectivity index (χ1v) is 11.1. The molecule has 158 valence electrons. The van der Waals surface area contributed by atoms with Crippen molar-refractivity contribution >= 4 is 21.8 Å². The van der Waals surface area contributed by atoms with Crippen LogP contribution in [0.5, 0.6) is 0 Å². The van der Waals surface area contributed by atoms with Crippen LogP contribution < -0.4 is 0 Å². The summed E-state index contributed by atoms with van der Waals surface area (Å²) in [4.78, 5) is 28.5. The van der Waals surface area contributed by atoms with Gasteiger partial charge in [0.05, 0.1) is 17.5 Å². The standard InChI is InChI=1S/C21H28N2O5S/c1-6-13-23(29(26,27)17-11-9-8-10-12-17)16(5)20(24)18-14(3)19(22-15(18)4)21(25)28-7-2/h8-12,16,22H,6-7,13H2,1-5H3/t16-/m1/s1. The van der Waals surface area contributed by atoms with Crippen LogP contribution in [0, 0.1) is 13.8 Å². The molecule has 0 saturated heterocycles. The monoisotopic (exact) mass is 420 g/mol. The van der Waals surface area contributed by atoms with Crippen molar-refractivity contribution < 1.29 is 22.7 Å². The lowest BCUT2D eigenvalue weighted by molar-refractivity contribution is 0.0519. The summed E-state index contributed by atoms with van der Waals surface area (Å²) in [6.45, 7) is 8.91. The van der Waals surface area contributed by atoms with Gasteiger partial charge in [-0.2, -0.15) is 4.31 Å². The van der Waals surface area contributed by atoms with Crippen LogP contribution in [0.25, 0.3) is 0 Å². The van der Waals surface area contributed by atoms with Gasteiger partial charge in [-0.05, 0) is 51.8 Å².